The highest BCUT2D eigenvalue weighted by Crippen LogP contribution is 2.22. The van der Waals surface area contributed by atoms with Crippen molar-refractivity contribution < 1.29 is 0 Å². The summed E-state index contributed by atoms with van der Waals surface area (Å²) in [7, 11) is 0. The van der Waals surface area contributed by atoms with Crippen molar-refractivity contribution in [2.24, 2.45) is 0 Å². The average molecular weight is 229 g/mol. The first-order chi connectivity index (χ1) is 7.97. The second kappa shape index (κ2) is 4.32. The molecule has 0 fully saturated rings. The molecule has 2 rings (SSSR count). The molecule has 0 N–H and O–H groups in total. The van der Waals surface area contributed by atoms with Crippen LogP contribution >= 0.6 is 0 Å². The van der Waals surface area contributed by atoms with E-state index in [1.807, 2.05) is 11.6 Å². The molecule has 0 aliphatic rings. The maximum atomic E-state index is 4.19. The normalized spacial score (nSPS) is 11.8. The van der Waals surface area contributed by atoms with E-state index >= 15 is 0 Å². The van der Waals surface area contributed by atoms with E-state index in [0.717, 1.165) is 12.4 Å². The summed E-state index contributed by atoms with van der Waals surface area (Å²) in [6.07, 6.45) is 1.60. The van der Waals surface area contributed by atoms with Gasteiger partial charge in [-0.15, -0.1) is 0 Å². The molecule has 1 aromatic heterocycles. The number of aromatic nitrogens is 3. The van der Waals surface area contributed by atoms with E-state index < -0.39 is 0 Å². The van der Waals surface area contributed by atoms with E-state index in [4.69, 9.17) is 0 Å². The van der Waals surface area contributed by atoms with Crippen LogP contribution in [0.3, 0.4) is 0 Å². The Balaban J connectivity index is 2.17. The topological polar surface area (TPSA) is 30.7 Å². The van der Waals surface area contributed by atoms with Gasteiger partial charge in [0.15, 0.2) is 0 Å². The van der Waals surface area contributed by atoms with Crippen LogP contribution in [0.5, 0.6) is 0 Å². The Bertz CT molecular complexity index is 489. The Kier molecular flexibility index (Phi) is 3.01. The quantitative estimate of drug-likeness (QED) is 0.792. The molecule has 3 nitrogen and oxygen atoms in total. The summed E-state index contributed by atoms with van der Waals surface area (Å²) in [5.74, 6) is 0.949. The first kappa shape index (κ1) is 11.8. The molecule has 0 bridgehead atoms. The Morgan fingerprint density at radius 2 is 1.76 bits per heavy atom. The van der Waals surface area contributed by atoms with Gasteiger partial charge >= 0.3 is 0 Å². The highest BCUT2D eigenvalue weighted by Gasteiger charge is 2.12. The molecule has 0 radical (unpaired) electrons. The maximum Gasteiger partial charge on any atom is 0.138 e. The predicted molar refractivity (Wildman–Crippen MR) is 69.0 cm³/mol. The molecule has 0 aliphatic carbocycles. The maximum absolute atomic E-state index is 4.19. The fourth-order valence-corrected chi connectivity index (χ4v) is 1.76. The summed E-state index contributed by atoms with van der Waals surface area (Å²) in [5.41, 5.74) is 2.82. The molecule has 0 saturated carbocycles. The van der Waals surface area contributed by atoms with Gasteiger partial charge in [0.05, 0.1) is 6.54 Å². The lowest BCUT2D eigenvalue weighted by Gasteiger charge is -2.19. The van der Waals surface area contributed by atoms with Crippen LogP contribution in [0.15, 0.2) is 30.6 Å². The Hall–Kier alpha value is -1.64. The van der Waals surface area contributed by atoms with E-state index in [1.165, 1.54) is 11.1 Å². The first-order valence-corrected chi connectivity index (χ1v) is 5.90. The molecule has 0 unspecified atom stereocenters. The zero-order valence-electron chi connectivity index (χ0n) is 10.9. The molecule has 1 heterocycles. The molecular formula is C14H19N3. The lowest BCUT2D eigenvalue weighted by atomic mass is 9.87. The molecule has 90 valence electrons. The predicted octanol–water partition coefficient (Wildman–Crippen LogP) is 2.93. The van der Waals surface area contributed by atoms with Crippen LogP contribution in [0.1, 0.15) is 37.7 Å². The van der Waals surface area contributed by atoms with Crippen molar-refractivity contribution in [2.75, 3.05) is 0 Å². The van der Waals surface area contributed by atoms with Gasteiger partial charge in [-0.2, -0.15) is 5.10 Å². The van der Waals surface area contributed by atoms with Crippen LogP contribution in [0.2, 0.25) is 0 Å². The van der Waals surface area contributed by atoms with Crippen molar-refractivity contribution in [1.29, 1.82) is 0 Å². The summed E-state index contributed by atoms with van der Waals surface area (Å²) in [6, 6.07) is 8.73. The third-order valence-electron chi connectivity index (χ3n) is 2.96. The molecule has 0 aliphatic heterocycles. The summed E-state index contributed by atoms with van der Waals surface area (Å²) in [5, 5.41) is 4.19. The second-order valence-corrected chi connectivity index (χ2v) is 5.41. The van der Waals surface area contributed by atoms with E-state index in [0.29, 0.717) is 0 Å². The van der Waals surface area contributed by atoms with Gasteiger partial charge in [-0.3, -0.25) is 0 Å². The van der Waals surface area contributed by atoms with Crippen LogP contribution in [-0.2, 0) is 12.0 Å². The van der Waals surface area contributed by atoms with Crippen LogP contribution in [0.25, 0.3) is 0 Å². The third-order valence-corrected chi connectivity index (χ3v) is 2.96. The van der Waals surface area contributed by atoms with Crippen molar-refractivity contribution >= 4 is 0 Å². The van der Waals surface area contributed by atoms with Crippen LogP contribution in [0.4, 0.5) is 0 Å². The molecule has 1 aromatic carbocycles. The number of hydrogen-bond donors (Lipinski definition) is 0. The minimum atomic E-state index is 0.210. The Labute approximate surface area is 103 Å². The first-order valence-electron chi connectivity index (χ1n) is 5.90. The fraction of sp³-hybridized carbons (Fsp3) is 0.429. The van der Waals surface area contributed by atoms with Crippen molar-refractivity contribution in [3.8, 4) is 0 Å². The third kappa shape index (κ3) is 2.73. The van der Waals surface area contributed by atoms with Crippen LogP contribution in [-0.4, -0.2) is 14.8 Å². The molecule has 0 amide bonds. The van der Waals surface area contributed by atoms with E-state index in [-0.39, 0.29) is 5.41 Å². The Morgan fingerprint density at radius 3 is 2.24 bits per heavy atom. The van der Waals surface area contributed by atoms with E-state index in [1.54, 1.807) is 6.33 Å². The van der Waals surface area contributed by atoms with Gasteiger partial charge in [0, 0.05) is 0 Å². The number of rotatable bonds is 2. The second-order valence-electron chi connectivity index (χ2n) is 5.41. The average Bonchev–Trinajstić information content (AvgIpc) is 2.64. The smallest absolute Gasteiger partial charge is 0.138 e. The van der Waals surface area contributed by atoms with Gasteiger partial charge in [0.1, 0.15) is 12.2 Å². The largest absolute Gasteiger partial charge is 0.246 e. The minimum absolute atomic E-state index is 0.210. The summed E-state index contributed by atoms with van der Waals surface area (Å²) < 4.78 is 1.91. The zero-order chi connectivity index (χ0) is 12.5. The SMILES string of the molecule is Cc1ncnn1Cc1ccc(C(C)(C)C)cc1. The number of aryl methyl sites for hydroxylation is 1. The van der Waals surface area contributed by atoms with Gasteiger partial charge in [0.2, 0.25) is 0 Å². The Morgan fingerprint density at radius 1 is 1.12 bits per heavy atom. The highest BCUT2D eigenvalue weighted by atomic mass is 15.3. The van der Waals surface area contributed by atoms with E-state index in [9.17, 15) is 0 Å². The zero-order valence-corrected chi connectivity index (χ0v) is 10.9. The fourth-order valence-electron chi connectivity index (χ4n) is 1.76. The van der Waals surface area contributed by atoms with Gasteiger partial charge < -0.3 is 0 Å². The number of nitrogens with zero attached hydrogens (tertiary/aromatic N) is 3. The lowest BCUT2D eigenvalue weighted by Crippen LogP contribution is -2.11. The monoisotopic (exact) mass is 229 g/mol. The standard InChI is InChI=1S/C14H19N3/c1-11-15-10-16-17(11)9-12-5-7-13(8-6-12)14(2,3)4/h5-8,10H,9H2,1-4H3. The number of benzene rings is 1. The summed E-state index contributed by atoms with van der Waals surface area (Å²) in [6.45, 7) is 9.43. The van der Waals surface area contributed by atoms with Gasteiger partial charge in [-0.25, -0.2) is 9.67 Å². The lowest BCUT2D eigenvalue weighted by molar-refractivity contribution is 0.589. The summed E-state index contributed by atoms with van der Waals surface area (Å²) >= 11 is 0. The van der Waals surface area contributed by atoms with Crippen molar-refractivity contribution in [1.82, 2.24) is 14.8 Å². The van der Waals surface area contributed by atoms with Crippen molar-refractivity contribution in [2.45, 2.75) is 39.7 Å². The van der Waals surface area contributed by atoms with Gasteiger partial charge in [0.25, 0.3) is 0 Å². The molecule has 2 aromatic rings. The minimum Gasteiger partial charge on any atom is -0.246 e. The molecular weight excluding hydrogens is 210 g/mol. The molecule has 0 spiro atoms. The van der Waals surface area contributed by atoms with Crippen molar-refractivity contribution in [3.05, 3.63) is 47.5 Å². The molecule has 0 saturated heterocycles. The highest BCUT2D eigenvalue weighted by molar-refractivity contribution is 5.27. The van der Waals surface area contributed by atoms with Gasteiger partial charge in [-0.05, 0) is 23.5 Å². The van der Waals surface area contributed by atoms with Crippen molar-refractivity contribution in [3.63, 3.8) is 0 Å². The molecule has 3 heteroatoms. The molecule has 0 atom stereocenters. The van der Waals surface area contributed by atoms with E-state index in [2.05, 4.69) is 55.1 Å². The molecule has 17 heavy (non-hydrogen) atoms. The van der Waals surface area contributed by atoms with Crippen LogP contribution in [0, 0.1) is 6.92 Å². The van der Waals surface area contributed by atoms with Gasteiger partial charge in [-0.1, -0.05) is 45.0 Å². The van der Waals surface area contributed by atoms with Crippen LogP contribution < -0.4 is 0 Å². The summed E-state index contributed by atoms with van der Waals surface area (Å²) in [4.78, 5) is 4.12. The number of hydrogen-bond acceptors (Lipinski definition) is 2.